The maximum absolute atomic E-state index is 12.6. The van der Waals surface area contributed by atoms with E-state index in [0.29, 0.717) is 18.7 Å². The molecule has 7 heteroatoms. The average Bonchev–Trinajstić information content (AvgIpc) is 3.13. The van der Waals surface area contributed by atoms with E-state index in [2.05, 4.69) is 26.6 Å². The SMILES string of the molecule is COC(=O)[C@@H]1C[C@@H](NC(=O)c2cc3c(Br)cccc3n2C)CN1. The van der Waals surface area contributed by atoms with Gasteiger partial charge < -0.3 is 19.9 Å². The highest BCUT2D eigenvalue weighted by Gasteiger charge is 2.31. The average molecular weight is 380 g/mol. The lowest BCUT2D eigenvalue weighted by Gasteiger charge is -2.12. The minimum Gasteiger partial charge on any atom is -0.468 e. The summed E-state index contributed by atoms with van der Waals surface area (Å²) >= 11 is 3.51. The second kappa shape index (κ2) is 6.33. The summed E-state index contributed by atoms with van der Waals surface area (Å²) in [6.07, 6.45) is 0.534. The number of carbonyl (C=O) groups is 2. The molecular weight excluding hydrogens is 362 g/mol. The number of nitrogens with zero attached hydrogens (tertiary/aromatic N) is 1. The first-order valence-electron chi connectivity index (χ1n) is 7.37. The van der Waals surface area contributed by atoms with E-state index < -0.39 is 0 Å². The van der Waals surface area contributed by atoms with Crippen LogP contribution in [0.25, 0.3) is 10.9 Å². The van der Waals surface area contributed by atoms with Crippen LogP contribution in [0.15, 0.2) is 28.7 Å². The van der Waals surface area contributed by atoms with Gasteiger partial charge in [0.25, 0.3) is 5.91 Å². The number of amides is 1. The molecule has 122 valence electrons. The number of nitrogens with one attached hydrogen (secondary N) is 2. The van der Waals surface area contributed by atoms with Gasteiger partial charge in [0, 0.05) is 35.0 Å². The molecule has 1 aliphatic rings. The fraction of sp³-hybridized carbons (Fsp3) is 0.375. The molecular formula is C16H18BrN3O3. The molecule has 23 heavy (non-hydrogen) atoms. The van der Waals surface area contributed by atoms with Crippen molar-refractivity contribution in [1.29, 1.82) is 0 Å². The standard InChI is InChI=1S/C16H18BrN3O3/c1-20-13-5-3-4-11(17)10(13)7-14(20)15(21)19-9-6-12(18-8-9)16(22)23-2/h3-5,7,9,12,18H,6,8H2,1-2H3,(H,19,21)/t9-,12+/m1/s1. The zero-order valence-electron chi connectivity index (χ0n) is 12.9. The highest BCUT2D eigenvalue weighted by Crippen LogP contribution is 2.26. The summed E-state index contributed by atoms with van der Waals surface area (Å²) in [4.78, 5) is 24.1. The fourth-order valence-corrected chi connectivity index (χ4v) is 3.44. The first kappa shape index (κ1) is 16.0. The Balaban J connectivity index is 1.76. The Morgan fingerprint density at radius 2 is 2.22 bits per heavy atom. The smallest absolute Gasteiger partial charge is 0.322 e. The molecule has 2 N–H and O–H groups in total. The van der Waals surface area contributed by atoms with Gasteiger partial charge in [-0.2, -0.15) is 0 Å². The Morgan fingerprint density at radius 1 is 1.43 bits per heavy atom. The largest absolute Gasteiger partial charge is 0.468 e. The van der Waals surface area contributed by atoms with Gasteiger partial charge >= 0.3 is 5.97 Å². The van der Waals surface area contributed by atoms with Gasteiger partial charge in [-0.25, -0.2) is 0 Å². The Hall–Kier alpha value is -1.86. The van der Waals surface area contributed by atoms with Crippen molar-refractivity contribution in [1.82, 2.24) is 15.2 Å². The van der Waals surface area contributed by atoms with Crippen LogP contribution in [-0.2, 0) is 16.6 Å². The van der Waals surface area contributed by atoms with Gasteiger partial charge in [-0.15, -0.1) is 0 Å². The molecule has 0 aliphatic carbocycles. The van der Waals surface area contributed by atoms with Crippen LogP contribution in [0.2, 0.25) is 0 Å². The molecule has 2 heterocycles. The molecule has 1 fully saturated rings. The maximum atomic E-state index is 12.6. The molecule has 6 nitrogen and oxygen atoms in total. The van der Waals surface area contributed by atoms with Gasteiger partial charge in [-0.1, -0.05) is 22.0 Å². The lowest BCUT2D eigenvalue weighted by molar-refractivity contribution is -0.142. The van der Waals surface area contributed by atoms with Crippen molar-refractivity contribution >= 4 is 38.7 Å². The fourth-order valence-electron chi connectivity index (χ4n) is 2.97. The normalized spacial score (nSPS) is 20.7. The maximum Gasteiger partial charge on any atom is 0.322 e. The summed E-state index contributed by atoms with van der Waals surface area (Å²) in [5.41, 5.74) is 1.58. The number of halogens is 1. The summed E-state index contributed by atoms with van der Waals surface area (Å²) in [7, 11) is 3.23. The molecule has 1 aromatic heterocycles. The Bertz CT molecular complexity index is 771. The Morgan fingerprint density at radius 3 is 2.91 bits per heavy atom. The predicted molar refractivity (Wildman–Crippen MR) is 90.3 cm³/mol. The highest BCUT2D eigenvalue weighted by atomic mass is 79.9. The van der Waals surface area contributed by atoms with Crippen LogP contribution < -0.4 is 10.6 Å². The number of hydrogen-bond acceptors (Lipinski definition) is 4. The highest BCUT2D eigenvalue weighted by molar-refractivity contribution is 9.10. The molecule has 0 unspecified atom stereocenters. The number of fused-ring (bicyclic) bond motifs is 1. The van der Waals surface area contributed by atoms with Crippen LogP contribution in [0.4, 0.5) is 0 Å². The molecule has 2 atom stereocenters. The quantitative estimate of drug-likeness (QED) is 0.794. The van der Waals surface area contributed by atoms with Crippen molar-refractivity contribution in [3.05, 3.63) is 34.4 Å². The molecule has 1 aliphatic heterocycles. The minimum absolute atomic E-state index is 0.0898. The zero-order chi connectivity index (χ0) is 16.6. The van der Waals surface area contributed by atoms with E-state index in [1.54, 1.807) is 0 Å². The summed E-state index contributed by atoms with van der Waals surface area (Å²) in [6, 6.07) is 7.29. The van der Waals surface area contributed by atoms with Gasteiger partial charge in [0.05, 0.1) is 7.11 Å². The molecule has 3 rings (SSSR count). The molecule has 2 aromatic rings. The Labute approximate surface area is 142 Å². The van der Waals surface area contributed by atoms with Crippen LogP contribution in [0, 0.1) is 0 Å². The van der Waals surface area contributed by atoms with Gasteiger partial charge in [-0.3, -0.25) is 9.59 Å². The van der Waals surface area contributed by atoms with Crippen molar-refractivity contribution in [2.75, 3.05) is 13.7 Å². The minimum atomic E-state index is -0.355. The summed E-state index contributed by atoms with van der Waals surface area (Å²) in [5, 5.41) is 7.04. The summed E-state index contributed by atoms with van der Waals surface area (Å²) in [6.45, 7) is 0.555. The number of rotatable bonds is 3. The van der Waals surface area contributed by atoms with Crippen molar-refractivity contribution in [3.63, 3.8) is 0 Å². The third kappa shape index (κ3) is 2.98. The van der Waals surface area contributed by atoms with E-state index in [9.17, 15) is 9.59 Å². The van der Waals surface area contributed by atoms with E-state index in [-0.39, 0.29) is 24.0 Å². The van der Waals surface area contributed by atoms with Crippen LogP contribution in [0.3, 0.4) is 0 Å². The summed E-state index contributed by atoms with van der Waals surface area (Å²) in [5.74, 6) is -0.441. The lowest BCUT2D eigenvalue weighted by atomic mass is 10.1. The topological polar surface area (TPSA) is 72.4 Å². The first-order valence-corrected chi connectivity index (χ1v) is 8.16. The second-order valence-corrected chi connectivity index (χ2v) is 6.51. The van der Waals surface area contributed by atoms with Crippen molar-refractivity contribution < 1.29 is 14.3 Å². The van der Waals surface area contributed by atoms with Crippen LogP contribution in [0.5, 0.6) is 0 Å². The monoisotopic (exact) mass is 379 g/mol. The lowest BCUT2D eigenvalue weighted by Crippen LogP contribution is -2.37. The van der Waals surface area contributed by atoms with Crippen molar-refractivity contribution in [2.24, 2.45) is 7.05 Å². The molecule has 0 spiro atoms. The van der Waals surface area contributed by atoms with Gasteiger partial charge in [0.15, 0.2) is 0 Å². The van der Waals surface area contributed by atoms with E-state index in [1.165, 1.54) is 7.11 Å². The number of hydrogen-bond donors (Lipinski definition) is 2. The van der Waals surface area contributed by atoms with Gasteiger partial charge in [0.1, 0.15) is 11.7 Å². The number of benzene rings is 1. The predicted octanol–water partition coefficient (Wildman–Crippen LogP) is 1.57. The number of ether oxygens (including phenoxy) is 1. The second-order valence-electron chi connectivity index (χ2n) is 5.65. The zero-order valence-corrected chi connectivity index (χ0v) is 14.5. The molecule has 0 saturated carbocycles. The van der Waals surface area contributed by atoms with Crippen LogP contribution in [-0.4, -0.2) is 42.2 Å². The number of aromatic nitrogens is 1. The van der Waals surface area contributed by atoms with Crippen molar-refractivity contribution in [3.8, 4) is 0 Å². The first-order chi connectivity index (χ1) is 11.0. The molecule has 0 bridgehead atoms. The van der Waals surface area contributed by atoms with E-state index in [4.69, 9.17) is 4.74 Å². The van der Waals surface area contributed by atoms with Crippen LogP contribution in [0.1, 0.15) is 16.9 Å². The van der Waals surface area contributed by atoms with Crippen LogP contribution >= 0.6 is 15.9 Å². The number of esters is 1. The number of aryl methyl sites for hydroxylation is 1. The summed E-state index contributed by atoms with van der Waals surface area (Å²) < 4.78 is 7.55. The number of carbonyl (C=O) groups excluding carboxylic acids is 2. The van der Waals surface area contributed by atoms with Gasteiger partial charge in [-0.05, 0) is 24.6 Å². The molecule has 0 radical (unpaired) electrons. The van der Waals surface area contributed by atoms with Gasteiger partial charge in [0.2, 0.25) is 0 Å². The Kier molecular flexibility index (Phi) is 4.41. The van der Waals surface area contributed by atoms with Crippen molar-refractivity contribution in [2.45, 2.75) is 18.5 Å². The van der Waals surface area contributed by atoms with E-state index in [1.807, 2.05) is 35.9 Å². The van der Waals surface area contributed by atoms with E-state index >= 15 is 0 Å². The van der Waals surface area contributed by atoms with E-state index in [0.717, 1.165) is 15.4 Å². The molecule has 1 aromatic carbocycles. The third-order valence-electron chi connectivity index (χ3n) is 4.22. The molecule has 1 amide bonds. The number of methoxy groups -OCH3 is 1. The molecule has 1 saturated heterocycles. The third-order valence-corrected chi connectivity index (χ3v) is 4.91.